The lowest BCUT2D eigenvalue weighted by Gasteiger charge is -2.37. The van der Waals surface area contributed by atoms with Crippen LogP contribution in [0.2, 0.25) is 0 Å². The third kappa shape index (κ3) is 5.85. The van der Waals surface area contributed by atoms with E-state index in [-0.39, 0.29) is 17.9 Å². The molecule has 1 N–H and O–H groups in total. The number of nitrogens with one attached hydrogen (secondary N) is 1. The molecule has 166 valence electrons. The van der Waals surface area contributed by atoms with Gasteiger partial charge in [0.05, 0.1) is 6.04 Å². The molecule has 0 aromatic heterocycles. The largest absolute Gasteiger partial charge is 0.368 e. The number of carbonyl (C=O) groups excluding carboxylic acids is 2. The van der Waals surface area contributed by atoms with Gasteiger partial charge >= 0.3 is 6.03 Å². The fraction of sp³-hybridized carbons (Fsp3) is 0.440. The molecule has 0 bridgehead atoms. The van der Waals surface area contributed by atoms with Crippen LogP contribution in [0, 0.1) is 0 Å². The lowest BCUT2D eigenvalue weighted by molar-refractivity contribution is 0.101. The third-order valence-corrected chi connectivity index (χ3v) is 6.09. The van der Waals surface area contributed by atoms with E-state index in [1.54, 1.807) is 6.92 Å². The van der Waals surface area contributed by atoms with Gasteiger partial charge in [-0.3, -0.25) is 9.69 Å². The second kappa shape index (κ2) is 11.0. The zero-order valence-electron chi connectivity index (χ0n) is 18.9. The number of anilines is 1. The molecule has 6 nitrogen and oxygen atoms in total. The topological polar surface area (TPSA) is 55.9 Å². The Morgan fingerprint density at radius 3 is 2.10 bits per heavy atom. The fourth-order valence-corrected chi connectivity index (χ4v) is 4.17. The van der Waals surface area contributed by atoms with Crippen LogP contribution in [-0.2, 0) is 0 Å². The molecule has 2 aromatic carbocycles. The number of rotatable bonds is 8. The minimum Gasteiger partial charge on any atom is -0.368 e. The number of benzene rings is 2. The molecule has 0 radical (unpaired) electrons. The summed E-state index contributed by atoms with van der Waals surface area (Å²) in [7, 11) is 0. The van der Waals surface area contributed by atoms with Crippen LogP contribution in [0.3, 0.4) is 0 Å². The highest BCUT2D eigenvalue weighted by Crippen LogP contribution is 2.20. The lowest BCUT2D eigenvalue weighted by atomic mass is 10.1. The molecule has 0 saturated carbocycles. The van der Waals surface area contributed by atoms with E-state index in [0.29, 0.717) is 19.6 Å². The van der Waals surface area contributed by atoms with E-state index >= 15 is 0 Å². The first-order valence-electron chi connectivity index (χ1n) is 11.2. The Morgan fingerprint density at radius 2 is 1.55 bits per heavy atom. The predicted molar refractivity (Wildman–Crippen MR) is 126 cm³/mol. The molecule has 0 unspecified atom stereocenters. The normalized spacial score (nSPS) is 15.1. The minimum absolute atomic E-state index is 0.000310. The number of amides is 2. The Morgan fingerprint density at radius 1 is 0.935 bits per heavy atom. The molecule has 1 fully saturated rings. The summed E-state index contributed by atoms with van der Waals surface area (Å²) in [5.74, 6) is 0.0755. The van der Waals surface area contributed by atoms with E-state index in [1.807, 2.05) is 35.2 Å². The molecule has 6 heteroatoms. The van der Waals surface area contributed by atoms with E-state index in [9.17, 15) is 9.59 Å². The summed E-state index contributed by atoms with van der Waals surface area (Å²) >= 11 is 0. The number of hydrogen-bond acceptors (Lipinski definition) is 4. The van der Waals surface area contributed by atoms with Crippen molar-refractivity contribution in [1.29, 1.82) is 0 Å². The van der Waals surface area contributed by atoms with Crippen LogP contribution in [0.5, 0.6) is 0 Å². The molecular weight excluding hydrogens is 388 g/mol. The maximum absolute atomic E-state index is 12.8. The maximum Gasteiger partial charge on any atom is 0.317 e. The summed E-state index contributed by atoms with van der Waals surface area (Å²) in [6, 6.07) is 18.3. The number of carbonyl (C=O) groups is 2. The molecule has 1 heterocycles. The van der Waals surface area contributed by atoms with Crippen molar-refractivity contribution in [3.63, 3.8) is 0 Å². The molecule has 0 spiro atoms. The Bertz CT molecular complexity index is 842. The Balaban J connectivity index is 1.54. The summed E-state index contributed by atoms with van der Waals surface area (Å²) in [6.07, 6.45) is 0. The van der Waals surface area contributed by atoms with Gasteiger partial charge in [0.1, 0.15) is 0 Å². The first kappa shape index (κ1) is 22.8. The predicted octanol–water partition coefficient (Wildman–Crippen LogP) is 3.80. The van der Waals surface area contributed by atoms with Crippen molar-refractivity contribution in [3.05, 3.63) is 65.7 Å². The van der Waals surface area contributed by atoms with Crippen LogP contribution in [0.25, 0.3) is 0 Å². The average molecular weight is 423 g/mol. The van der Waals surface area contributed by atoms with E-state index in [1.165, 1.54) is 5.56 Å². The Labute approximate surface area is 185 Å². The number of ketones is 1. The molecule has 0 aliphatic carbocycles. The van der Waals surface area contributed by atoms with Gasteiger partial charge < -0.3 is 15.1 Å². The van der Waals surface area contributed by atoms with Gasteiger partial charge in [0, 0.05) is 44.0 Å². The number of nitrogens with zero attached hydrogens (tertiary/aromatic N) is 3. The summed E-state index contributed by atoms with van der Waals surface area (Å²) in [5.41, 5.74) is 3.05. The van der Waals surface area contributed by atoms with E-state index < -0.39 is 0 Å². The summed E-state index contributed by atoms with van der Waals surface area (Å²) < 4.78 is 0. The average Bonchev–Trinajstić information content (AvgIpc) is 2.82. The van der Waals surface area contributed by atoms with Gasteiger partial charge in [-0.15, -0.1) is 0 Å². The van der Waals surface area contributed by atoms with Crippen molar-refractivity contribution in [2.45, 2.75) is 26.8 Å². The van der Waals surface area contributed by atoms with Crippen molar-refractivity contribution in [1.82, 2.24) is 15.1 Å². The summed E-state index contributed by atoms with van der Waals surface area (Å²) in [4.78, 5) is 30.8. The number of likely N-dealkylation sites (N-methyl/N-ethyl adjacent to an activating group) is 1. The third-order valence-electron chi connectivity index (χ3n) is 6.09. The minimum atomic E-state index is -0.000310. The van der Waals surface area contributed by atoms with Crippen molar-refractivity contribution < 1.29 is 9.59 Å². The standard InChI is InChI=1S/C25H34N4O2/c1-4-27(5-2)24(22-9-7-6-8-10-22)19-26-25(31)29-17-15-28(16-18-29)23-13-11-21(12-14-23)20(3)30/h6-14,24H,4-5,15-19H2,1-3H3,(H,26,31)/t24-/m0/s1. The van der Waals surface area contributed by atoms with Gasteiger partial charge in [-0.05, 0) is 49.8 Å². The highest BCUT2D eigenvalue weighted by molar-refractivity contribution is 5.94. The monoisotopic (exact) mass is 422 g/mol. The molecule has 2 amide bonds. The second-order valence-corrected chi connectivity index (χ2v) is 7.91. The van der Waals surface area contributed by atoms with Crippen LogP contribution in [0.1, 0.15) is 42.7 Å². The second-order valence-electron chi connectivity index (χ2n) is 7.91. The molecule has 2 aromatic rings. The maximum atomic E-state index is 12.8. The molecule has 1 aliphatic rings. The van der Waals surface area contributed by atoms with Crippen molar-refractivity contribution in [2.24, 2.45) is 0 Å². The highest BCUT2D eigenvalue weighted by atomic mass is 16.2. The van der Waals surface area contributed by atoms with Crippen molar-refractivity contribution >= 4 is 17.5 Å². The van der Waals surface area contributed by atoms with E-state index in [0.717, 1.165) is 37.4 Å². The first-order valence-corrected chi connectivity index (χ1v) is 11.2. The van der Waals surface area contributed by atoms with Gasteiger partial charge in [0.2, 0.25) is 0 Å². The van der Waals surface area contributed by atoms with Gasteiger partial charge in [0.15, 0.2) is 5.78 Å². The Kier molecular flexibility index (Phi) is 8.06. The van der Waals surface area contributed by atoms with Gasteiger partial charge in [-0.2, -0.15) is 0 Å². The van der Waals surface area contributed by atoms with Crippen LogP contribution in [0.4, 0.5) is 10.5 Å². The first-order chi connectivity index (χ1) is 15.0. The van der Waals surface area contributed by atoms with Gasteiger partial charge in [-0.1, -0.05) is 44.2 Å². The summed E-state index contributed by atoms with van der Waals surface area (Å²) in [5, 5.41) is 3.16. The molecule has 1 aliphatic heterocycles. The zero-order valence-corrected chi connectivity index (χ0v) is 18.9. The van der Waals surface area contributed by atoms with E-state index in [4.69, 9.17) is 0 Å². The fourth-order valence-electron chi connectivity index (χ4n) is 4.17. The molecule has 31 heavy (non-hydrogen) atoms. The molecular formula is C25H34N4O2. The number of urea groups is 1. The van der Waals surface area contributed by atoms with E-state index in [2.05, 4.69) is 53.2 Å². The number of Topliss-reactive ketones (excluding diaryl/α,β-unsaturated/α-hetero) is 1. The van der Waals surface area contributed by atoms with Crippen LogP contribution >= 0.6 is 0 Å². The van der Waals surface area contributed by atoms with Crippen LogP contribution in [0.15, 0.2) is 54.6 Å². The quantitative estimate of drug-likeness (QED) is 0.658. The molecule has 1 atom stereocenters. The lowest BCUT2D eigenvalue weighted by Crippen LogP contribution is -2.52. The summed E-state index contributed by atoms with van der Waals surface area (Å²) in [6.45, 7) is 11.3. The Hall–Kier alpha value is -2.86. The smallest absolute Gasteiger partial charge is 0.317 e. The van der Waals surface area contributed by atoms with Crippen molar-refractivity contribution in [2.75, 3.05) is 50.7 Å². The number of hydrogen-bond donors (Lipinski definition) is 1. The SMILES string of the molecule is CCN(CC)[C@@H](CNC(=O)N1CCN(c2ccc(C(C)=O)cc2)CC1)c1ccccc1. The molecule has 3 rings (SSSR count). The highest BCUT2D eigenvalue weighted by Gasteiger charge is 2.24. The van der Waals surface area contributed by atoms with Crippen LogP contribution < -0.4 is 10.2 Å². The van der Waals surface area contributed by atoms with Crippen LogP contribution in [-0.4, -0.2) is 67.4 Å². The zero-order chi connectivity index (χ0) is 22.2. The van der Waals surface area contributed by atoms with Gasteiger partial charge in [0.25, 0.3) is 0 Å². The number of piperazine rings is 1. The van der Waals surface area contributed by atoms with Crippen molar-refractivity contribution in [3.8, 4) is 0 Å². The van der Waals surface area contributed by atoms with Gasteiger partial charge in [-0.25, -0.2) is 4.79 Å². The molecule has 1 saturated heterocycles.